The van der Waals surface area contributed by atoms with Crippen molar-refractivity contribution in [3.8, 4) is 0 Å². The van der Waals surface area contributed by atoms with Gasteiger partial charge in [-0.3, -0.25) is 9.05 Å². The molecule has 0 spiro atoms. The molecule has 4 heteroatoms. The smallest absolute Gasteiger partial charge is 0.0928 e. The summed E-state index contributed by atoms with van der Waals surface area (Å²) in [6.45, 7) is 5.07. The number of aryl methyl sites for hydroxylation is 1. The van der Waals surface area contributed by atoms with E-state index in [0.29, 0.717) is 6.04 Å². The molecule has 1 aromatic rings. The van der Waals surface area contributed by atoms with Crippen molar-refractivity contribution in [3.63, 3.8) is 0 Å². The lowest BCUT2D eigenvalue weighted by Crippen LogP contribution is -2.34. The molecular weight excluding hydrogens is 246 g/mol. The predicted molar refractivity (Wildman–Crippen MR) is 71.7 cm³/mol. The quantitative estimate of drug-likeness (QED) is 0.821. The van der Waals surface area contributed by atoms with E-state index in [-0.39, 0.29) is 11.4 Å². The van der Waals surface area contributed by atoms with Gasteiger partial charge in [-0.25, -0.2) is 0 Å². The molecule has 98 valence electrons. The van der Waals surface area contributed by atoms with Crippen LogP contribution in [0.15, 0.2) is 29.2 Å². The van der Waals surface area contributed by atoms with Crippen LogP contribution in [0.5, 0.6) is 0 Å². The fourth-order valence-electron chi connectivity index (χ4n) is 2.96. The van der Waals surface area contributed by atoms with Crippen LogP contribution in [0.3, 0.4) is 0 Å². The summed E-state index contributed by atoms with van der Waals surface area (Å²) in [4.78, 5) is 6.73. The van der Waals surface area contributed by atoms with Crippen molar-refractivity contribution in [2.75, 3.05) is 6.54 Å². The maximum absolute atomic E-state index is 12.7. The van der Waals surface area contributed by atoms with Crippen LogP contribution in [0.4, 0.5) is 0 Å². The zero-order valence-electron chi connectivity index (χ0n) is 10.8. The van der Waals surface area contributed by atoms with E-state index in [9.17, 15) is 4.21 Å². The Kier molecular flexibility index (Phi) is 3.26. The lowest BCUT2D eigenvalue weighted by molar-refractivity contribution is -0.142. The molecule has 3 rings (SSSR count). The minimum absolute atomic E-state index is 0.0532. The van der Waals surface area contributed by atoms with Gasteiger partial charge in [0, 0.05) is 11.4 Å². The molecule has 0 unspecified atom stereocenters. The third kappa shape index (κ3) is 2.02. The van der Waals surface area contributed by atoms with Crippen LogP contribution in [0.2, 0.25) is 0 Å². The molecule has 0 bridgehead atoms. The zero-order valence-corrected chi connectivity index (χ0v) is 11.7. The minimum Gasteiger partial charge on any atom is -0.294 e. The van der Waals surface area contributed by atoms with E-state index in [1.807, 2.05) is 43.2 Å². The molecule has 2 aliphatic heterocycles. The SMILES string of the molecule is Cc1ccc([S@](=O)[C@@H]2[C@H](C)ON3CCC[C@@H]23)cc1. The molecular formula is C14H19NO2S. The van der Waals surface area contributed by atoms with Gasteiger partial charge < -0.3 is 0 Å². The average molecular weight is 265 g/mol. The van der Waals surface area contributed by atoms with E-state index in [2.05, 4.69) is 0 Å². The van der Waals surface area contributed by atoms with E-state index in [1.54, 1.807) is 0 Å². The third-order valence-electron chi connectivity index (χ3n) is 3.89. The lowest BCUT2D eigenvalue weighted by atomic mass is 10.1. The Morgan fingerprint density at radius 3 is 2.78 bits per heavy atom. The number of hydrogen-bond donors (Lipinski definition) is 0. The predicted octanol–water partition coefficient (Wildman–Crippen LogP) is 2.27. The van der Waals surface area contributed by atoms with Crippen molar-refractivity contribution in [1.29, 1.82) is 0 Å². The molecule has 0 saturated carbocycles. The molecule has 0 amide bonds. The van der Waals surface area contributed by atoms with Gasteiger partial charge in [-0.1, -0.05) is 17.7 Å². The van der Waals surface area contributed by atoms with Crippen LogP contribution >= 0.6 is 0 Å². The summed E-state index contributed by atoms with van der Waals surface area (Å²) in [7, 11) is -0.974. The molecule has 18 heavy (non-hydrogen) atoms. The number of hydrogen-bond acceptors (Lipinski definition) is 3. The van der Waals surface area contributed by atoms with E-state index in [4.69, 9.17) is 4.84 Å². The molecule has 2 aliphatic rings. The van der Waals surface area contributed by atoms with Crippen LogP contribution in [0, 0.1) is 6.92 Å². The van der Waals surface area contributed by atoms with Crippen molar-refractivity contribution >= 4 is 10.8 Å². The van der Waals surface area contributed by atoms with Crippen LogP contribution in [-0.4, -0.2) is 33.2 Å². The summed E-state index contributed by atoms with van der Waals surface area (Å²) in [6.07, 6.45) is 2.31. The summed E-state index contributed by atoms with van der Waals surface area (Å²) < 4.78 is 12.7. The fraction of sp³-hybridized carbons (Fsp3) is 0.571. The van der Waals surface area contributed by atoms with Gasteiger partial charge in [0.2, 0.25) is 0 Å². The molecule has 1 aromatic carbocycles. The number of fused-ring (bicyclic) bond motifs is 1. The Morgan fingerprint density at radius 2 is 2.06 bits per heavy atom. The Bertz CT molecular complexity index is 459. The number of rotatable bonds is 2. The van der Waals surface area contributed by atoms with Gasteiger partial charge in [0.25, 0.3) is 0 Å². The first kappa shape index (κ1) is 12.3. The molecule has 0 radical (unpaired) electrons. The average Bonchev–Trinajstić information content (AvgIpc) is 2.89. The maximum atomic E-state index is 12.7. The minimum atomic E-state index is -0.974. The Balaban J connectivity index is 1.85. The summed E-state index contributed by atoms with van der Waals surface area (Å²) in [6, 6.07) is 8.35. The van der Waals surface area contributed by atoms with Crippen molar-refractivity contribution in [2.24, 2.45) is 0 Å². The summed E-state index contributed by atoms with van der Waals surface area (Å²) in [5.41, 5.74) is 1.20. The van der Waals surface area contributed by atoms with Crippen molar-refractivity contribution in [1.82, 2.24) is 5.06 Å². The Hall–Kier alpha value is -0.710. The highest BCUT2D eigenvalue weighted by Gasteiger charge is 2.46. The molecule has 2 heterocycles. The summed E-state index contributed by atoms with van der Waals surface area (Å²) >= 11 is 0. The molecule has 0 aromatic heterocycles. The van der Waals surface area contributed by atoms with Gasteiger partial charge in [-0.2, -0.15) is 5.06 Å². The third-order valence-corrected chi connectivity index (χ3v) is 5.82. The highest BCUT2D eigenvalue weighted by atomic mass is 32.2. The molecule has 0 N–H and O–H groups in total. The standard InChI is InChI=1S/C14H19NO2S/c1-10-5-7-12(8-6-10)18(16)14-11(2)17-15-9-3-4-13(14)15/h5-8,11,13-14H,3-4,9H2,1-2H3/t11-,13-,14+,18-/m0/s1. The first-order valence-corrected chi connectivity index (χ1v) is 7.79. The van der Waals surface area contributed by atoms with Crippen LogP contribution in [-0.2, 0) is 15.6 Å². The Labute approximate surface area is 111 Å². The summed E-state index contributed by atoms with van der Waals surface area (Å²) in [5.74, 6) is 0. The second-order valence-electron chi connectivity index (χ2n) is 5.24. The molecule has 2 saturated heterocycles. The number of hydroxylamine groups is 2. The second-order valence-corrected chi connectivity index (χ2v) is 6.85. The first-order chi connectivity index (χ1) is 8.66. The largest absolute Gasteiger partial charge is 0.294 e. The second kappa shape index (κ2) is 4.76. The van der Waals surface area contributed by atoms with Gasteiger partial charge in [0.1, 0.15) is 0 Å². The van der Waals surface area contributed by atoms with Gasteiger partial charge >= 0.3 is 0 Å². The molecule has 0 aliphatic carbocycles. The van der Waals surface area contributed by atoms with Crippen molar-refractivity contribution in [2.45, 2.75) is 49.0 Å². The van der Waals surface area contributed by atoms with E-state index in [1.165, 1.54) is 5.56 Å². The zero-order chi connectivity index (χ0) is 12.7. The fourth-order valence-corrected chi connectivity index (χ4v) is 4.63. The lowest BCUT2D eigenvalue weighted by Gasteiger charge is -2.18. The van der Waals surface area contributed by atoms with Gasteiger partial charge in [0.05, 0.1) is 28.2 Å². The maximum Gasteiger partial charge on any atom is 0.0928 e. The van der Waals surface area contributed by atoms with E-state index < -0.39 is 10.8 Å². The normalized spacial score (nSPS) is 33.6. The van der Waals surface area contributed by atoms with Crippen LogP contribution in [0.25, 0.3) is 0 Å². The molecule has 2 fully saturated rings. The summed E-state index contributed by atoms with van der Waals surface area (Å²) in [5, 5.41) is 2.15. The topological polar surface area (TPSA) is 29.5 Å². The van der Waals surface area contributed by atoms with E-state index >= 15 is 0 Å². The van der Waals surface area contributed by atoms with Gasteiger partial charge in [0.15, 0.2) is 0 Å². The Morgan fingerprint density at radius 1 is 1.33 bits per heavy atom. The van der Waals surface area contributed by atoms with Crippen molar-refractivity contribution in [3.05, 3.63) is 29.8 Å². The van der Waals surface area contributed by atoms with Crippen molar-refractivity contribution < 1.29 is 9.05 Å². The van der Waals surface area contributed by atoms with Gasteiger partial charge in [-0.15, -0.1) is 0 Å². The van der Waals surface area contributed by atoms with Crippen LogP contribution < -0.4 is 0 Å². The molecule has 4 atom stereocenters. The first-order valence-electron chi connectivity index (χ1n) is 6.57. The monoisotopic (exact) mass is 265 g/mol. The van der Waals surface area contributed by atoms with Gasteiger partial charge in [-0.05, 0) is 38.8 Å². The molecule has 3 nitrogen and oxygen atoms in total. The number of nitrogens with zero attached hydrogens (tertiary/aromatic N) is 1. The highest BCUT2D eigenvalue weighted by molar-refractivity contribution is 7.85. The number of benzene rings is 1. The highest BCUT2D eigenvalue weighted by Crippen LogP contribution is 2.35. The van der Waals surface area contributed by atoms with Crippen LogP contribution in [0.1, 0.15) is 25.3 Å². The van der Waals surface area contributed by atoms with E-state index in [0.717, 1.165) is 24.3 Å².